The molecule has 1 atom stereocenters. The van der Waals surface area contributed by atoms with Gasteiger partial charge in [0, 0.05) is 12.4 Å². The van der Waals surface area contributed by atoms with Crippen LogP contribution in [0.1, 0.15) is 42.4 Å². The molecule has 1 rings (SSSR count). The number of oxazole rings is 1. The fraction of sp³-hybridized carbons (Fsp3) is 0.667. The van der Waals surface area contributed by atoms with Gasteiger partial charge in [-0.25, -0.2) is 4.98 Å². The van der Waals surface area contributed by atoms with Crippen molar-refractivity contribution >= 4 is 17.5 Å². The van der Waals surface area contributed by atoms with Crippen molar-refractivity contribution in [1.82, 2.24) is 10.3 Å². The van der Waals surface area contributed by atoms with Crippen LogP contribution in [0, 0.1) is 12.8 Å². The van der Waals surface area contributed by atoms with Gasteiger partial charge in [0.15, 0.2) is 6.39 Å². The average Bonchev–Trinajstić information content (AvgIpc) is 2.72. The van der Waals surface area contributed by atoms with Gasteiger partial charge in [-0.3, -0.25) is 4.79 Å². The van der Waals surface area contributed by atoms with Crippen LogP contribution in [0.25, 0.3) is 0 Å². The van der Waals surface area contributed by atoms with Crippen molar-refractivity contribution in [2.75, 3.05) is 12.4 Å². The third kappa shape index (κ3) is 4.38. The Kier molecular flexibility index (Phi) is 6.05. The summed E-state index contributed by atoms with van der Waals surface area (Å²) in [4.78, 5) is 15.7. The zero-order valence-electron chi connectivity index (χ0n) is 10.3. The van der Waals surface area contributed by atoms with Crippen molar-refractivity contribution in [1.29, 1.82) is 0 Å². The zero-order valence-corrected chi connectivity index (χ0v) is 11.1. The first kappa shape index (κ1) is 14.0. The van der Waals surface area contributed by atoms with Gasteiger partial charge < -0.3 is 9.73 Å². The molecule has 0 spiro atoms. The predicted molar refractivity (Wildman–Crippen MR) is 67.3 cm³/mol. The lowest BCUT2D eigenvalue weighted by Crippen LogP contribution is -2.29. The number of rotatable bonds is 7. The fourth-order valence-electron chi connectivity index (χ4n) is 1.75. The number of alkyl halides is 1. The number of carbonyl (C=O) groups excluding carboxylic acids is 1. The van der Waals surface area contributed by atoms with Crippen LogP contribution in [-0.2, 0) is 0 Å². The van der Waals surface area contributed by atoms with E-state index in [-0.39, 0.29) is 5.91 Å². The topological polar surface area (TPSA) is 55.1 Å². The molecule has 0 saturated carbocycles. The molecule has 4 nitrogen and oxygen atoms in total. The highest BCUT2D eigenvalue weighted by molar-refractivity contribution is 6.17. The van der Waals surface area contributed by atoms with Gasteiger partial charge in [0.1, 0.15) is 0 Å². The highest BCUT2D eigenvalue weighted by Gasteiger charge is 2.15. The molecule has 0 aliphatic carbocycles. The van der Waals surface area contributed by atoms with E-state index >= 15 is 0 Å². The van der Waals surface area contributed by atoms with Crippen LogP contribution in [0.4, 0.5) is 0 Å². The summed E-state index contributed by atoms with van der Waals surface area (Å²) in [6, 6.07) is 0. The molecule has 1 aromatic heterocycles. The third-order valence-electron chi connectivity index (χ3n) is 2.72. The molecule has 96 valence electrons. The Morgan fingerprint density at radius 2 is 2.35 bits per heavy atom. The van der Waals surface area contributed by atoms with E-state index in [2.05, 4.69) is 17.2 Å². The molecule has 1 aromatic rings. The summed E-state index contributed by atoms with van der Waals surface area (Å²) in [5.74, 6) is 1.16. The molecule has 0 aliphatic heterocycles. The van der Waals surface area contributed by atoms with Gasteiger partial charge >= 0.3 is 0 Å². The minimum Gasteiger partial charge on any atom is -0.438 e. The minimum atomic E-state index is -0.198. The van der Waals surface area contributed by atoms with Crippen LogP contribution < -0.4 is 5.32 Å². The van der Waals surface area contributed by atoms with E-state index in [1.807, 2.05) is 0 Å². The van der Waals surface area contributed by atoms with E-state index in [4.69, 9.17) is 16.0 Å². The van der Waals surface area contributed by atoms with Crippen molar-refractivity contribution in [3.63, 3.8) is 0 Å². The number of halogens is 1. The quantitative estimate of drug-likeness (QED) is 0.765. The van der Waals surface area contributed by atoms with Crippen LogP contribution in [-0.4, -0.2) is 23.3 Å². The maximum atomic E-state index is 11.8. The van der Waals surface area contributed by atoms with Crippen molar-refractivity contribution in [3.8, 4) is 0 Å². The zero-order chi connectivity index (χ0) is 12.7. The van der Waals surface area contributed by atoms with E-state index in [0.29, 0.717) is 29.8 Å². The molecular weight excluding hydrogens is 240 g/mol. The molecule has 0 aliphatic rings. The number of hydrogen-bond donors (Lipinski definition) is 1. The summed E-state index contributed by atoms with van der Waals surface area (Å²) < 4.78 is 5.03. The number of aromatic nitrogens is 1. The smallest absolute Gasteiger partial charge is 0.289 e. The molecule has 5 heteroatoms. The summed E-state index contributed by atoms with van der Waals surface area (Å²) >= 11 is 5.73. The van der Waals surface area contributed by atoms with Crippen LogP contribution in [0.2, 0.25) is 0 Å². The summed E-state index contributed by atoms with van der Waals surface area (Å²) in [7, 11) is 0. The SMILES string of the molecule is CCCC(CCCl)CNC(=O)c1ocnc1C. The number of carbonyl (C=O) groups is 1. The molecule has 0 saturated heterocycles. The summed E-state index contributed by atoms with van der Waals surface area (Å²) in [5, 5.41) is 2.86. The van der Waals surface area contributed by atoms with Gasteiger partial charge in [0.05, 0.1) is 5.69 Å². The number of aryl methyl sites for hydroxylation is 1. The molecule has 1 amide bonds. The van der Waals surface area contributed by atoms with Gasteiger partial charge in [0.2, 0.25) is 5.76 Å². The lowest BCUT2D eigenvalue weighted by atomic mass is 10.0. The Morgan fingerprint density at radius 3 is 2.88 bits per heavy atom. The van der Waals surface area contributed by atoms with Crippen LogP contribution >= 0.6 is 11.6 Å². The number of nitrogens with one attached hydrogen (secondary N) is 1. The molecule has 0 aromatic carbocycles. The third-order valence-corrected chi connectivity index (χ3v) is 2.94. The second-order valence-corrected chi connectivity index (χ2v) is 4.49. The maximum absolute atomic E-state index is 11.8. The van der Waals surface area contributed by atoms with E-state index in [0.717, 1.165) is 19.3 Å². The lowest BCUT2D eigenvalue weighted by Gasteiger charge is -2.14. The minimum absolute atomic E-state index is 0.198. The van der Waals surface area contributed by atoms with Crippen molar-refractivity contribution < 1.29 is 9.21 Å². The average molecular weight is 259 g/mol. The first-order valence-electron chi connectivity index (χ1n) is 5.93. The molecule has 1 N–H and O–H groups in total. The highest BCUT2D eigenvalue weighted by atomic mass is 35.5. The molecule has 1 heterocycles. The monoisotopic (exact) mass is 258 g/mol. The predicted octanol–water partition coefficient (Wildman–Crippen LogP) is 2.76. The molecule has 0 radical (unpaired) electrons. The number of amides is 1. The number of nitrogens with zero attached hydrogens (tertiary/aromatic N) is 1. The fourth-order valence-corrected chi connectivity index (χ4v) is 2.06. The van der Waals surface area contributed by atoms with Crippen LogP contribution in [0.15, 0.2) is 10.8 Å². The van der Waals surface area contributed by atoms with E-state index < -0.39 is 0 Å². The van der Waals surface area contributed by atoms with Crippen LogP contribution in [0.3, 0.4) is 0 Å². The molecular formula is C12H19ClN2O2. The molecule has 1 unspecified atom stereocenters. The molecule has 17 heavy (non-hydrogen) atoms. The normalized spacial score (nSPS) is 12.4. The van der Waals surface area contributed by atoms with Gasteiger partial charge in [0.25, 0.3) is 5.91 Å². The Morgan fingerprint density at radius 1 is 1.59 bits per heavy atom. The van der Waals surface area contributed by atoms with Gasteiger partial charge in [-0.05, 0) is 25.7 Å². The van der Waals surface area contributed by atoms with Crippen molar-refractivity contribution in [2.45, 2.75) is 33.1 Å². The van der Waals surface area contributed by atoms with Gasteiger partial charge in [-0.1, -0.05) is 13.3 Å². The number of hydrogen-bond acceptors (Lipinski definition) is 3. The molecule has 0 bridgehead atoms. The first-order valence-corrected chi connectivity index (χ1v) is 6.46. The maximum Gasteiger partial charge on any atom is 0.289 e. The summed E-state index contributed by atoms with van der Waals surface area (Å²) in [6.45, 7) is 4.52. The summed E-state index contributed by atoms with van der Waals surface area (Å²) in [6.07, 6.45) is 4.37. The van der Waals surface area contributed by atoms with E-state index in [9.17, 15) is 4.79 Å². The van der Waals surface area contributed by atoms with Crippen LogP contribution in [0.5, 0.6) is 0 Å². The van der Waals surface area contributed by atoms with E-state index in [1.165, 1.54) is 6.39 Å². The highest BCUT2D eigenvalue weighted by Crippen LogP contribution is 2.12. The van der Waals surface area contributed by atoms with Crippen molar-refractivity contribution in [2.24, 2.45) is 5.92 Å². The largest absolute Gasteiger partial charge is 0.438 e. The van der Waals surface area contributed by atoms with Crippen molar-refractivity contribution in [3.05, 3.63) is 17.8 Å². The summed E-state index contributed by atoms with van der Waals surface area (Å²) in [5.41, 5.74) is 0.617. The first-order chi connectivity index (χ1) is 8.19. The standard InChI is InChI=1S/C12H19ClN2O2/c1-3-4-10(5-6-13)7-14-12(16)11-9(2)15-8-17-11/h8,10H,3-7H2,1-2H3,(H,14,16). The second-order valence-electron chi connectivity index (χ2n) is 4.11. The molecule has 0 fully saturated rings. The van der Waals surface area contributed by atoms with Gasteiger partial charge in [-0.15, -0.1) is 11.6 Å². The lowest BCUT2D eigenvalue weighted by molar-refractivity contribution is 0.0917. The Labute approximate surface area is 107 Å². The Hall–Kier alpha value is -1.03. The van der Waals surface area contributed by atoms with E-state index in [1.54, 1.807) is 6.92 Å². The second kappa shape index (κ2) is 7.33. The Bertz CT molecular complexity index is 346. The van der Waals surface area contributed by atoms with Gasteiger partial charge in [-0.2, -0.15) is 0 Å². The Balaban J connectivity index is 2.43.